The Labute approximate surface area is 224 Å². The lowest BCUT2D eigenvalue weighted by molar-refractivity contribution is 0.0853. The third-order valence-electron chi connectivity index (χ3n) is 7.15. The van der Waals surface area contributed by atoms with E-state index in [9.17, 15) is 8.42 Å². The van der Waals surface area contributed by atoms with Crippen LogP contribution in [-0.4, -0.2) is 79.1 Å². The quantitative estimate of drug-likeness (QED) is 0.426. The van der Waals surface area contributed by atoms with Gasteiger partial charge in [-0.3, -0.25) is 9.88 Å². The van der Waals surface area contributed by atoms with Gasteiger partial charge in [0, 0.05) is 75.3 Å². The first kappa shape index (κ1) is 26.3. The Bertz CT molecular complexity index is 1160. The van der Waals surface area contributed by atoms with E-state index >= 15 is 0 Å². The van der Waals surface area contributed by atoms with Gasteiger partial charge in [-0.15, -0.1) is 11.8 Å². The molecule has 8 nitrogen and oxygen atoms in total. The zero-order valence-corrected chi connectivity index (χ0v) is 22.9. The van der Waals surface area contributed by atoms with Gasteiger partial charge in [-0.05, 0) is 31.7 Å². The van der Waals surface area contributed by atoms with Gasteiger partial charge >= 0.3 is 0 Å². The van der Waals surface area contributed by atoms with Crippen LogP contribution in [0.15, 0.2) is 76.2 Å². The third-order valence-corrected chi connectivity index (χ3v) is 10.3. The number of rotatable bonds is 9. The van der Waals surface area contributed by atoms with Crippen LogP contribution >= 0.6 is 11.8 Å². The number of ether oxygens (including phenoxy) is 2. The fraction of sp³-hybridized carbons (Fsp3) is 0.519. The maximum Gasteiger partial charge on any atom is 0.245 e. The monoisotopic (exact) mass is 544 g/mol. The van der Waals surface area contributed by atoms with Crippen LogP contribution in [0.2, 0.25) is 0 Å². The van der Waals surface area contributed by atoms with Crippen molar-refractivity contribution in [3.8, 4) is 0 Å². The summed E-state index contributed by atoms with van der Waals surface area (Å²) in [7, 11) is -3.49. The fourth-order valence-electron chi connectivity index (χ4n) is 4.96. The number of allylic oxidation sites excluding steroid dienone is 4. The van der Waals surface area contributed by atoms with Crippen molar-refractivity contribution in [3.63, 3.8) is 0 Å². The zero-order chi connectivity index (χ0) is 25.5. The molecule has 0 bridgehead atoms. The number of hydrogen-bond acceptors (Lipinski definition) is 8. The first-order valence-electron chi connectivity index (χ1n) is 13.2. The fourth-order valence-corrected chi connectivity index (χ4v) is 7.91. The van der Waals surface area contributed by atoms with Crippen LogP contribution in [-0.2, 0) is 19.5 Å². The molecule has 37 heavy (non-hydrogen) atoms. The first-order chi connectivity index (χ1) is 18.1. The Kier molecular flexibility index (Phi) is 8.91. The lowest BCUT2D eigenvalue weighted by atomic mass is 10.0. The van der Waals surface area contributed by atoms with E-state index in [1.165, 1.54) is 11.8 Å². The van der Waals surface area contributed by atoms with E-state index in [4.69, 9.17) is 9.47 Å². The van der Waals surface area contributed by atoms with Crippen LogP contribution in [0.1, 0.15) is 38.5 Å². The Balaban J connectivity index is 1.06. The summed E-state index contributed by atoms with van der Waals surface area (Å²) in [5.41, 5.74) is 1.36. The number of nitrogens with zero attached hydrogens (tertiary/aromatic N) is 4. The highest BCUT2D eigenvalue weighted by Crippen LogP contribution is 2.30. The zero-order valence-electron chi connectivity index (χ0n) is 21.3. The lowest BCUT2D eigenvalue weighted by Gasteiger charge is -2.36. The predicted molar refractivity (Wildman–Crippen MR) is 145 cm³/mol. The van der Waals surface area contributed by atoms with Crippen LogP contribution in [0.4, 0.5) is 0 Å². The van der Waals surface area contributed by atoms with Gasteiger partial charge in [-0.2, -0.15) is 4.31 Å². The van der Waals surface area contributed by atoms with E-state index in [-0.39, 0.29) is 0 Å². The van der Waals surface area contributed by atoms with Crippen LogP contribution in [0, 0.1) is 0 Å². The van der Waals surface area contributed by atoms with Crippen molar-refractivity contribution in [2.45, 2.75) is 48.3 Å². The topological polar surface area (TPSA) is 75.2 Å². The number of hydrogen-bond donors (Lipinski definition) is 0. The molecule has 2 saturated heterocycles. The largest absolute Gasteiger partial charge is 0.460 e. The molecule has 200 valence electrons. The molecule has 0 saturated carbocycles. The molecule has 0 aromatic carbocycles. The summed E-state index contributed by atoms with van der Waals surface area (Å²) in [4.78, 5) is 9.88. The minimum atomic E-state index is -3.49. The van der Waals surface area contributed by atoms with E-state index in [1.807, 2.05) is 6.07 Å². The molecule has 10 heteroatoms. The van der Waals surface area contributed by atoms with Crippen molar-refractivity contribution in [2.24, 2.45) is 0 Å². The summed E-state index contributed by atoms with van der Waals surface area (Å²) >= 11 is 1.60. The average molecular weight is 545 g/mol. The second-order valence-electron chi connectivity index (χ2n) is 9.71. The van der Waals surface area contributed by atoms with Gasteiger partial charge in [0.15, 0.2) is 6.26 Å². The summed E-state index contributed by atoms with van der Waals surface area (Å²) in [6.07, 6.45) is 19.0. The second kappa shape index (κ2) is 12.5. The molecule has 1 aliphatic carbocycles. The number of piperidine rings is 1. The van der Waals surface area contributed by atoms with Crippen molar-refractivity contribution >= 4 is 21.8 Å². The molecule has 0 N–H and O–H groups in total. The first-order valence-corrected chi connectivity index (χ1v) is 15.6. The molecule has 0 amide bonds. The van der Waals surface area contributed by atoms with Gasteiger partial charge in [-0.25, -0.2) is 8.42 Å². The number of pyridine rings is 1. The van der Waals surface area contributed by atoms with E-state index in [2.05, 4.69) is 33.0 Å². The van der Waals surface area contributed by atoms with Gasteiger partial charge < -0.3 is 14.4 Å². The maximum atomic E-state index is 13.2. The molecule has 3 aliphatic heterocycles. The smallest absolute Gasteiger partial charge is 0.245 e. The van der Waals surface area contributed by atoms with Crippen LogP contribution in [0.5, 0.6) is 0 Å². The minimum Gasteiger partial charge on any atom is -0.460 e. The van der Waals surface area contributed by atoms with Crippen LogP contribution < -0.4 is 0 Å². The van der Waals surface area contributed by atoms with Gasteiger partial charge in [0.25, 0.3) is 0 Å². The Hall–Kier alpha value is -2.27. The molecular weight excluding hydrogens is 508 g/mol. The van der Waals surface area contributed by atoms with Gasteiger partial charge in [0.1, 0.15) is 16.9 Å². The van der Waals surface area contributed by atoms with Crippen LogP contribution in [0.3, 0.4) is 0 Å². The van der Waals surface area contributed by atoms with Gasteiger partial charge in [0.2, 0.25) is 15.9 Å². The number of thioether (sulfide) groups is 1. The molecule has 0 radical (unpaired) electrons. The van der Waals surface area contributed by atoms with Crippen molar-refractivity contribution in [3.05, 3.63) is 66.4 Å². The summed E-state index contributed by atoms with van der Waals surface area (Å²) < 4.78 is 39.8. The summed E-state index contributed by atoms with van der Waals surface area (Å²) in [5, 5.41) is 0. The predicted octanol–water partition coefficient (Wildman–Crippen LogP) is 4.32. The number of piperazine rings is 1. The van der Waals surface area contributed by atoms with E-state index < -0.39 is 10.0 Å². The average Bonchev–Trinajstić information content (AvgIpc) is 2.95. The minimum absolute atomic E-state index is 0.344. The summed E-state index contributed by atoms with van der Waals surface area (Å²) in [5.74, 6) is 2.43. The van der Waals surface area contributed by atoms with Crippen LogP contribution in [0.25, 0.3) is 0 Å². The molecule has 2 fully saturated rings. The highest BCUT2D eigenvalue weighted by atomic mass is 32.2. The standard InChI is InChI=1S/C27H36N4O4S2/c32-37(33,31-11-5-2-6-12-31)26-20-28-10-9-25(26)36-18-17-29-13-15-30(16-14-29)27-22-34-24(21-35-27)19-23-7-3-1-4-8-23/h1,3,7,9-10,20-22H,2,4-6,8,11-19H2. The SMILES string of the molecule is O=S(=O)(c1cnccc1SCCN1CCN(C2=COC(CC3=CC=CCC3)=CO2)CC1)N1CCCCC1. The molecule has 4 aliphatic rings. The van der Waals surface area contributed by atoms with Gasteiger partial charge in [-0.1, -0.05) is 30.2 Å². The highest BCUT2D eigenvalue weighted by molar-refractivity contribution is 8.00. The molecule has 1 aromatic rings. The maximum absolute atomic E-state index is 13.2. The van der Waals surface area contributed by atoms with Crippen molar-refractivity contribution in [1.29, 1.82) is 0 Å². The van der Waals surface area contributed by atoms with Crippen molar-refractivity contribution in [2.75, 3.05) is 51.6 Å². The van der Waals surface area contributed by atoms with E-state index in [1.54, 1.807) is 34.8 Å². The van der Waals surface area contributed by atoms with E-state index in [0.717, 1.165) is 93.5 Å². The van der Waals surface area contributed by atoms with Crippen molar-refractivity contribution < 1.29 is 17.9 Å². The number of sulfonamides is 1. The molecule has 4 heterocycles. The molecule has 0 atom stereocenters. The highest BCUT2D eigenvalue weighted by Gasteiger charge is 2.29. The Morgan fingerprint density at radius 1 is 1.00 bits per heavy atom. The molecule has 5 rings (SSSR count). The molecular formula is C27H36N4O4S2. The third kappa shape index (κ3) is 6.79. The second-order valence-corrected chi connectivity index (χ2v) is 12.8. The van der Waals surface area contributed by atoms with E-state index in [0.29, 0.717) is 18.0 Å². The molecule has 0 spiro atoms. The van der Waals surface area contributed by atoms with Gasteiger partial charge in [0.05, 0.1) is 0 Å². The molecule has 1 aromatic heterocycles. The normalized spacial score (nSPS) is 21.5. The lowest BCUT2D eigenvalue weighted by Crippen LogP contribution is -2.46. The number of aromatic nitrogens is 1. The summed E-state index contributed by atoms with van der Waals surface area (Å²) in [6, 6.07) is 1.83. The Morgan fingerprint density at radius 3 is 2.57 bits per heavy atom. The summed E-state index contributed by atoms with van der Waals surface area (Å²) in [6.45, 7) is 5.67. The Morgan fingerprint density at radius 2 is 1.84 bits per heavy atom. The van der Waals surface area contributed by atoms with Crippen molar-refractivity contribution in [1.82, 2.24) is 19.1 Å². The molecule has 0 unspecified atom stereocenters.